The molecule has 488 valence electrons. The van der Waals surface area contributed by atoms with Gasteiger partial charge in [-0.15, -0.1) is 0 Å². The van der Waals surface area contributed by atoms with E-state index in [1.54, 1.807) is 0 Å². The third kappa shape index (κ3) is 11.1. The number of fused-ring (bicyclic) bond motifs is 7. The molecule has 26 heteroatoms. The maximum atomic E-state index is 15.2. The van der Waals surface area contributed by atoms with Gasteiger partial charge in [0.2, 0.25) is 6.29 Å². The Kier molecular flexibility index (Phi) is 19.0. The normalized spacial score (nSPS) is 54.1. The van der Waals surface area contributed by atoms with Crippen molar-refractivity contribution in [3.8, 4) is 0 Å². The van der Waals surface area contributed by atoms with Gasteiger partial charge in [-0.1, -0.05) is 60.1 Å². The van der Waals surface area contributed by atoms with Crippen LogP contribution in [-0.4, -0.2) is 263 Å². The van der Waals surface area contributed by atoms with Crippen LogP contribution in [0.25, 0.3) is 0 Å². The number of aliphatic hydroxyl groups excluding tert-OH is 15. The smallest absolute Gasteiger partial charge is 0.315 e. The summed E-state index contributed by atoms with van der Waals surface area (Å²) < 4.78 is 59.6. The average molecular weight is 1220 g/mol. The number of esters is 1. The lowest BCUT2D eigenvalue weighted by Gasteiger charge is -2.71. The molecule has 0 aromatic rings. The lowest BCUT2D eigenvalue weighted by atomic mass is 9.33. The van der Waals surface area contributed by atoms with Crippen LogP contribution in [0.1, 0.15) is 120 Å². The fourth-order valence-corrected chi connectivity index (χ4v) is 17.7. The van der Waals surface area contributed by atoms with Gasteiger partial charge in [0.15, 0.2) is 25.2 Å². The van der Waals surface area contributed by atoms with Gasteiger partial charge in [-0.25, -0.2) is 0 Å². The van der Waals surface area contributed by atoms with Gasteiger partial charge in [0.25, 0.3) is 0 Å². The number of ether oxygens (including phenoxy) is 10. The molecule has 26 nitrogen and oxygen atoms in total. The molecule has 0 bridgehead atoms. The van der Waals surface area contributed by atoms with Crippen molar-refractivity contribution in [2.75, 3.05) is 26.4 Å². The van der Waals surface area contributed by atoms with Crippen LogP contribution in [0.4, 0.5) is 0 Å². The van der Waals surface area contributed by atoms with Crippen molar-refractivity contribution < 1.29 is 129 Å². The summed E-state index contributed by atoms with van der Waals surface area (Å²) in [5.41, 5.74) is -1.25. The van der Waals surface area contributed by atoms with Gasteiger partial charge >= 0.3 is 5.97 Å². The Morgan fingerprint density at radius 3 is 1.67 bits per heavy atom. The molecule has 5 aliphatic carbocycles. The Hall–Kier alpha value is -1.75. The zero-order chi connectivity index (χ0) is 62.0. The third-order valence-electron chi connectivity index (χ3n) is 23.1. The zero-order valence-corrected chi connectivity index (χ0v) is 49.8. The first-order chi connectivity index (χ1) is 39.8. The van der Waals surface area contributed by atoms with Crippen molar-refractivity contribution in [3.05, 3.63) is 11.6 Å². The van der Waals surface area contributed by atoms with Crippen molar-refractivity contribution in [1.29, 1.82) is 0 Å². The number of carbonyl (C=O) groups excluding carboxylic acids is 1. The van der Waals surface area contributed by atoms with Crippen molar-refractivity contribution in [1.82, 2.24) is 0 Å². The second-order valence-corrected chi connectivity index (χ2v) is 28.6. The van der Waals surface area contributed by atoms with Gasteiger partial charge in [0, 0.05) is 0 Å². The molecule has 0 amide bonds. The Morgan fingerprint density at radius 2 is 1.06 bits per heavy atom. The summed E-state index contributed by atoms with van der Waals surface area (Å²) in [5, 5.41) is 161. The van der Waals surface area contributed by atoms with E-state index in [9.17, 15) is 76.6 Å². The minimum atomic E-state index is -1.97. The summed E-state index contributed by atoms with van der Waals surface area (Å²) in [6.45, 7) is 14.7. The van der Waals surface area contributed by atoms with Crippen molar-refractivity contribution >= 4 is 5.97 Å². The topological polar surface area (TPSA) is 413 Å². The van der Waals surface area contributed by atoms with Crippen LogP contribution >= 0.6 is 0 Å². The first kappa shape index (κ1) is 66.2. The zero-order valence-electron chi connectivity index (χ0n) is 49.8. The minimum Gasteiger partial charge on any atom is -0.432 e. The molecule has 0 unspecified atom stereocenters. The van der Waals surface area contributed by atoms with Gasteiger partial charge in [0.05, 0.1) is 44.1 Å². The molecule has 0 aromatic carbocycles. The lowest BCUT2D eigenvalue weighted by Crippen LogP contribution is -2.67. The molecule has 0 spiro atoms. The molecule has 32 atom stereocenters. The number of hydrogen-bond donors (Lipinski definition) is 15. The van der Waals surface area contributed by atoms with Crippen LogP contribution in [0.5, 0.6) is 0 Å². The molecule has 15 N–H and O–H groups in total. The van der Waals surface area contributed by atoms with Crippen LogP contribution in [0, 0.1) is 50.2 Å². The molecule has 85 heavy (non-hydrogen) atoms. The standard InChI is InChI=1S/C59H96O26/c1-24-34(64)37(67)41(71)48(77-24)82-45-29(21-61)79-50(43(73)39(45)69)83-46-30(22-62)80-51(44(74)40(46)70)85-53(75)59-17-15-54(2,3)19-26(59)25-9-10-32-56(6)13-12-33(55(4,5)31(56)11-14-58(32,8)57(25,7)16-18-59)81-52-47(35(65)27(63)23-76-52)84-49-42(72)38(68)36(66)28(20-60)78-49/h9,24,26-52,60-74H,10-23H2,1-8H3/t24-,26-,27-,28+,29+,30+,31-,32+,33-,34-,35-,36+,37+,38-,39+,40+,41+,42+,43+,44+,45+,46+,47+,48-,49-,50-,51-,52-,56-,57+,58+,59-/m0/s1. The van der Waals surface area contributed by atoms with Crippen molar-refractivity contribution in [2.24, 2.45) is 50.2 Å². The van der Waals surface area contributed by atoms with Crippen molar-refractivity contribution in [3.63, 3.8) is 0 Å². The van der Waals surface area contributed by atoms with E-state index in [1.165, 1.54) is 12.5 Å². The van der Waals surface area contributed by atoms with Crippen LogP contribution in [0.2, 0.25) is 0 Å². The summed E-state index contributed by atoms with van der Waals surface area (Å²) in [4.78, 5) is 15.2. The van der Waals surface area contributed by atoms with E-state index in [0.29, 0.717) is 38.5 Å². The average Bonchev–Trinajstić information content (AvgIpc) is 0.689. The van der Waals surface area contributed by atoms with E-state index >= 15 is 4.79 Å². The number of hydrogen-bond acceptors (Lipinski definition) is 26. The summed E-state index contributed by atoms with van der Waals surface area (Å²) in [6.07, 6.45) is -29.9. The molecule has 10 rings (SSSR count). The van der Waals surface area contributed by atoms with Crippen molar-refractivity contribution in [2.45, 2.75) is 273 Å². The fourth-order valence-electron chi connectivity index (χ4n) is 17.7. The van der Waals surface area contributed by atoms with Gasteiger partial charge in [-0.3, -0.25) is 4.79 Å². The predicted molar refractivity (Wildman–Crippen MR) is 288 cm³/mol. The lowest BCUT2D eigenvalue weighted by molar-refractivity contribution is -0.377. The van der Waals surface area contributed by atoms with Crippen LogP contribution in [0.15, 0.2) is 11.6 Å². The Morgan fingerprint density at radius 1 is 0.529 bits per heavy atom. The molecule has 5 aliphatic heterocycles. The van der Waals surface area contributed by atoms with Gasteiger partial charge in [-0.05, 0) is 116 Å². The van der Waals surface area contributed by atoms with Gasteiger partial charge in [-0.2, -0.15) is 0 Å². The number of allylic oxidation sites excluding steroid dienone is 2. The Labute approximate surface area is 494 Å². The van der Waals surface area contributed by atoms with Gasteiger partial charge in [0.1, 0.15) is 110 Å². The fraction of sp³-hybridized carbons (Fsp3) is 0.949. The largest absolute Gasteiger partial charge is 0.432 e. The second kappa shape index (κ2) is 24.4. The van der Waals surface area contributed by atoms with Gasteiger partial charge < -0.3 is 124 Å². The quantitative estimate of drug-likeness (QED) is 0.0513. The van der Waals surface area contributed by atoms with E-state index in [-0.39, 0.29) is 46.0 Å². The van der Waals surface area contributed by atoms with E-state index in [1.807, 2.05) is 0 Å². The second-order valence-electron chi connectivity index (χ2n) is 28.6. The minimum absolute atomic E-state index is 0.141. The molecule has 5 saturated heterocycles. The maximum absolute atomic E-state index is 15.2. The summed E-state index contributed by atoms with van der Waals surface area (Å²) in [6, 6.07) is 0. The van der Waals surface area contributed by atoms with E-state index in [0.717, 1.165) is 25.7 Å². The molecule has 0 radical (unpaired) electrons. The highest BCUT2D eigenvalue weighted by Gasteiger charge is 2.70. The molecule has 4 saturated carbocycles. The molecule has 5 heterocycles. The van der Waals surface area contributed by atoms with Crippen LogP contribution in [-0.2, 0) is 52.2 Å². The summed E-state index contributed by atoms with van der Waals surface area (Å²) >= 11 is 0. The first-order valence-electron chi connectivity index (χ1n) is 30.6. The maximum Gasteiger partial charge on any atom is 0.315 e. The SMILES string of the molecule is C[C@@H]1O[C@@H](O[C@H]2[C@H](O)[C@@H](O)[C@H](O[C@H]3[C@H](O)[C@@H](O)[C@H](OC(=O)[C@]45CCC(C)(C)C[C@H]4C4=CC[C@@H]6[C@@]7(C)CC[C@H](O[C@@H]8OC[C@H](O)[C@H](O)[C@H]8O[C@@H]8O[C@H](CO)[C@@H](O)[C@H](O)[C@H]8O)C(C)(C)[C@@H]7CC[C@@]6(C)[C@]4(C)CC5)O[C@@H]3CO)O[C@@H]2CO)[C@H](O)[C@H](O)[C@H]1O. The Bertz CT molecular complexity index is 2360. The predicted octanol–water partition coefficient (Wildman–Crippen LogP) is -2.54. The van der Waals surface area contributed by atoms with E-state index in [4.69, 9.17) is 47.4 Å². The number of aliphatic hydroxyl groups is 15. The molecule has 0 aromatic heterocycles. The van der Waals surface area contributed by atoms with E-state index < -0.39 is 190 Å². The monoisotopic (exact) mass is 1220 g/mol. The highest BCUT2D eigenvalue weighted by Crippen LogP contribution is 2.76. The summed E-state index contributed by atoms with van der Waals surface area (Å²) in [5.74, 6) is -0.520. The highest BCUT2D eigenvalue weighted by atomic mass is 16.8. The molecular formula is C59H96O26. The highest BCUT2D eigenvalue weighted by molar-refractivity contribution is 5.79. The number of carbonyl (C=O) groups is 1. The first-order valence-corrected chi connectivity index (χ1v) is 30.6. The summed E-state index contributed by atoms with van der Waals surface area (Å²) in [7, 11) is 0. The Balaban J connectivity index is 0.827. The van der Waals surface area contributed by atoms with Crippen LogP contribution < -0.4 is 0 Å². The number of rotatable bonds is 13. The van der Waals surface area contributed by atoms with Crippen LogP contribution in [0.3, 0.4) is 0 Å². The molecule has 9 fully saturated rings. The third-order valence-corrected chi connectivity index (χ3v) is 23.1. The van der Waals surface area contributed by atoms with E-state index in [2.05, 4.69) is 54.5 Å². The molecule has 10 aliphatic rings. The molecular weight excluding hydrogens is 1120 g/mol.